The first-order valence-electron chi connectivity index (χ1n) is 5.09. The van der Waals surface area contributed by atoms with Crippen LogP contribution in [0.15, 0.2) is 18.2 Å². The quantitative estimate of drug-likeness (QED) is 0.804. The van der Waals surface area contributed by atoms with E-state index in [0.29, 0.717) is 0 Å². The Labute approximate surface area is 102 Å². The highest BCUT2D eigenvalue weighted by molar-refractivity contribution is 5.69. The Hall–Kier alpha value is -1.94. The van der Waals surface area contributed by atoms with Crippen molar-refractivity contribution in [2.45, 2.75) is 6.18 Å². The zero-order valence-electron chi connectivity index (χ0n) is 9.41. The molecule has 0 radical (unpaired) electrons. The van der Waals surface area contributed by atoms with Crippen molar-refractivity contribution in [3.8, 4) is 6.07 Å². The Morgan fingerprint density at radius 2 is 2.06 bits per heavy atom. The first kappa shape index (κ1) is 14.1. The van der Waals surface area contributed by atoms with Gasteiger partial charge < -0.3 is 15.7 Å². The van der Waals surface area contributed by atoms with Gasteiger partial charge in [0.2, 0.25) is 0 Å². The van der Waals surface area contributed by atoms with Gasteiger partial charge in [-0.25, -0.2) is 0 Å². The van der Waals surface area contributed by atoms with Crippen LogP contribution in [0.3, 0.4) is 0 Å². The maximum atomic E-state index is 12.4. The van der Waals surface area contributed by atoms with Crippen molar-refractivity contribution < 1.29 is 18.3 Å². The monoisotopic (exact) mass is 259 g/mol. The molecule has 3 N–H and O–H groups in total. The van der Waals surface area contributed by atoms with Gasteiger partial charge in [0.05, 0.1) is 29.6 Å². The Bertz CT molecular complexity index is 454. The van der Waals surface area contributed by atoms with Gasteiger partial charge in [0.25, 0.3) is 0 Å². The van der Waals surface area contributed by atoms with E-state index in [0.717, 1.165) is 4.90 Å². The summed E-state index contributed by atoms with van der Waals surface area (Å²) in [6.07, 6.45) is -4.39. The van der Waals surface area contributed by atoms with Crippen LogP contribution in [-0.4, -0.2) is 31.0 Å². The average molecular weight is 259 g/mol. The van der Waals surface area contributed by atoms with E-state index in [2.05, 4.69) is 0 Å². The third-order valence-electron chi connectivity index (χ3n) is 2.24. The molecule has 0 spiro atoms. The summed E-state index contributed by atoms with van der Waals surface area (Å²) in [6, 6.07) is 5.87. The fraction of sp³-hybridized carbons (Fsp3) is 0.364. The summed E-state index contributed by atoms with van der Waals surface area (Å²) in [7, 11) is 0. The molecule has 0 aliphatic rings. The van der Waals surface area contributed by atoms with E-state index in [9.17, 15) is 13.2 Å². The molecule has 0 amide bonds. The van der Waals surface area contributed by atoms with Gasteiger partial charge >= 0.3 is 6.18 Å². The SMILES string of the molecule is N#Cc1ccc(N(CCO)CC(F)(F)F)c(N)c1. The number of nitrogen functional groups attached to an aromatic ring is 1. The zero-order chi connectivity index (χ0) is 13.8. The van der Waals surface area contributed by atoms with Gasteiger partial charge in [-0.05, 0) is 18.2 Å². The van der Waals surface area contributed by atoms with Crippen LogP contribution < -0.4 is 10.6 Å². The highest BCUT2D eigenvalue weighted by Gasteiger charge is 2.31. The topological polar surface area (TPSA) is 73.3 Å². The Morgan fingerprint density at radius 1 is 1.39 bits per heavy atom. The number of anilines is 2. The maximum Gasteiger partial charge on any atom is 0.405 e. The average Bonchev–Trinajstić information content (AvgIpc) is 2.26. The van der Waals surface area contributed by atoms with Crippen molar-refractivity contribution in [2.24, 2.45) is 0 Å². The van der Waals surface area contributed by atoms with Crippen LogP contribution in [0.5, 0.6) is 0 Å². The Balaban J connectivity index is 3.03. The van der Waals surface area contributed by atoms with Gasteiger partial charge in [-0.3, -0.25) is 0 Å². The lowest BCUT2D eigenvalue weighted by atomic mass is 10.1. The second-order valence-corrected chi connectivity index (χ2v) is 3.65. The molecule has 7 heteroatoms. The molecule has 0 bridgehead atoms. The van der Waals surface area contributed by atoms with Crippen molar-refractivity contribution in [3.05, 3.63) is 23.8 Å². The molecule has 0 saturated carbocycles. The first-order chi connectivity index (χ1) is 8.37. The molecule has 1 aromatic carbocycles. The smallest absolute Gasteiger partial charge is 0.397 e. The van der Waals surface area contributed by atoms with Gasteiger partial charge in [-0.2, -0.15) is 18.4 Å². The third kappa shape index (κ3) is 3.82. The number of nitrogens with two attached hydrogens (primary N) is 1. The normalized spacial score (nSPS) is 11.1. The van der Waals surface area contributed by atoms with Crippen LogP contribution in [0.25, 0.3) is 0 Å². The van der Waals surface area contributed by atoms with Gasteiger partial charge in [0, 0.05) is 6.54 Å². The lowest BCUT2D eigenvalue weighted by molar-refractivity contribution is -0.119. The summed E-state index contributed by atoms with van der Waals surface area (Å²) in [5.74, 6) is 0. The van der Waals surface area contributed by atoms with E-state index in [-0.39, 0.29) is 23.5 Å². The molecule has 0 aliphatic heterocycles. The summed E-state index contributed by atoms with van der Waals surface area (Å²) in [6.45, 7) is -1.81. The van der Waals surface area contributed by atoms with E-state index in [4.69, 9.17) is 16.1 Å². The molecule has 1 aromatic rings. The van der Waals surface area contributed by atoms with E-state index in [1.54, 1.807) is 0 Å². The number of hydrogen-bond donors (Lipinski definition) is 2. The number of benzene rings is 1. The van der Waals surface area contributed by atoms with Gasteiger partial charge in [0.15, 0.2) is 0 Å². The predicted molar refractivity (Wildman–Crippen MR) is 60.9 cm³/mol. The van der Waals surface area contributed by atoms with Crippen LogP contribution in [-0.2, 0) is 0 Å². The molecule has 1 rings (SSSR count). The van der Waals surface area contributed by atoms with Gasteiger partial charge in [-0.15, -0.1) is 0 Å². The van der Waals surface area contributed by atoms with Crippen molar-refractivity contribution >= 4 is 11.4 Å². The molecular formula is C11H12F3N3O. The number of rotatable bonds is 4. The first-order valence-corrected chi connectivity index (χ1v) is 5.09. The molecule has 0 unspecified atom stereocenters. The number of aliphatic hydroxyl groups excluding tert-OH is 1. The molecule has 0 heterocycles. The van der Waals surface area contributed by atoms with Crippen molar-refractivity contribution in [1.29, 1.82) is 5.26 Å². The standard InChI is InChI=1S/C11H12F3N3O/c12-11(13,14)7-17(3-4-18)10-2-1-8(6-15)5-9(10)16/h1-2,5,18H,3-4,7,16H2. The molecular weight excluding hydrogens is 247 g/mol. The van der Waals surface area contributed by atoms with E-state index < -0.39 is 19.3 Å². The fourth-order valence-corrected chi connectivity index (χ4v) is 1.53. The number of aliphatic hydroxyl groups is 1. The van der Waals surface area contributed by atoms with E-state index in [1.807, 2.05) is 6.07 Å². The summed E-state index contributed by atoms with van der Waals surface area (Å²) < 4.78 is 37.1. The van der Waals surface area contributed by atoms with Crippen LogP contribution in [0.2, 0.25) is 0 Å². The number of alkyl halides is 3. The maximum absolute atomic E-state index is 12.4. The molecule has 98 valence electrons. The molecule has 0 aliphatic carbocycles. The van der Waals surface area contributed by atoms with Crippen LogP contribution in [0.4, 0.5) is 24.5 Å². The minimum absolute atomic E-state index is 0.0757. The summed E-state index contributed by atoms with van der Waals surface area (Å²) in [5, 5.41) is 17.4. The molecule has 0 fully saturated rings. The third-order valence-corrected chi connectivity index (χ3v) is 2.24. The minimum atomic E-state index is -4.39. The molecule has 0 atom stereocenters. The number of hydrogen-bond acceptors (Lipinski definition) is 4. The summed E-state index contributed by atoms with van der Waals surface area (Å²) >= 11 is 0. The minimum Gasteiger partial charge on any atom is -0.397 e. The molecule has 0 saturated heterocycles. The van der Waals surface area contributed by atoms with Crippen LogP contribution in [0.1, 0.15) is 5.56 Å². The highest BCUT2D eigenvalue weighted by atomic mass is 19.4. The van der Waals surface area contributed by atoms with Gasteiger partial charge in [0.1, 0.15) is 6.54 Å². The Morgan fingerprint density at radius 3 is 2.50 bits per heavy atom. The fourth-order valence-electron chi connectivity index (χ4n) is 1.53. The van der Waals surface area contributed by atoms with E-state index in [1.165, 1.54) is 18.2 Å². The lowest BCUT2D eigenvalue weighted by Crippen LogP contribution is -2.36. The summed E-state index contributed by atoms with van der Waals surface area (Å²) in [4.78, 5) is 0.927. The highest BCUT2D eigenvalue weighted by Crippen LogP contribution is 2.27. The number of halogens is 3. The number of nitriles is 1. The van der Waals surface area contributed by atoms with E-state index >= 15 is 0 Å². The van der Waals surface area contributed by atoms with Crippen molar-refractivity contribution in [3.63, 3.8) is 0 Å². The van der Waals surface area contributed by atoms with Crippen molar-refractivity contribution in [1.82, 2.24) is 0 Å². The van der Waals surface area contributed by atoms with Crippen LogP contribution in [0, 0.1) is 11.3 Å². The zero-order valence-corrected chi connectivity index (χ0v) is 9.41. The molecule has 4 nitrogen and oxygen atoms in total. The lowest BCUT2D eigenvalue weighted by Gasteiger charge is -2.26. The number of nitrogens with zero attached hydrogens (tertiary/aromatic N) is 2. The summed E-state index contributed by atoms with van der Waals surface area (Å²) in [5.41, 5.74) is 6.10. The molecule has 18 heavy (non-hydrogen) atoms. The van der Waals surface area contributed by atoms with Crippen molar-refractivity contribution in [2.75, 3.05) is 30.3 Å². The Kier molecular flexibility index (Phi) is 4.39. The second-order valence-electron chi connectivity index (χ2n) is 3.65. The largest absolute Gasteiger partial charge is 0.405 e. The van der Waals surface area contributed by atoms with Gasteiger partial charge in [-0.1, -0.05) is 0 Å². The van der Waals surface area contributed by atoms with Crippen LogP contribution >= 0.6 is 0 Å². The predicted octanol–water partition coefficient (Wildman–Crippen LogP) is 1.50. The molecule has 0 aromatic heterocycles. The second kappa shape index (κ2) is 5.60.